The molecule has 0 radical (unpaired) electrons. The van der Waals surface area contributed by atoms with Crippen LogP contribution in [0.15, 0.2) is 23.1 Å². The predicted molar refractivity (Wildman–Crippen MR) is 64.6 cm³/mol. The van der Waals surface area contributed by atoms with Gasteiger partial charge in [0.05, 0.1) is 12.0 Å². The first kappa shape index (κ1) is 12.8. The van der Waals surface area contributed by atoms with Crippen molar-refractivity contribution in [2.45, 2.75) is 6.92 Å². The van der Waals surface area contributed by atoms with Crippen LogP contribution < -0.4 is 0 Å². The summed E-state index contributed by atoms with van der Waals surface area (Å²) in [6.07, 6.45) is 4.21. The lowest BCUT2D eigenvalue weighted by molar-refractivity contribution is -0.132. The molecule has 0 aromatic carbocycles. The van der Waals surface area contributed by atoms with Crippen molar-refractivity contribution in [3.8, 4) is 0 Å². The van der Waals surface area contributed by atoms with E-state index in [1.54, 1.807) is 25.1 Å². The normalized spacial score (nSPS) is 11.8. The van der Waals surface area contributed by atoms with E-state index in [0.717, 1.165) is 5.69 Å². The first-order chi connectivity index (χ1) is 7.99. The summed E-state index contributed by atoms with van der Waals surface area (Å²) in [5, 5.41) is 8.97. The number of aryl methyl sites for hydroxylation is 1. The van der Waals surface area contributed by atoms with E-state index in [1.807, 2.05) is 6.92 Å². The number of carbonyl (C=O) groups is 1. The first-order valence-corrected chi connectivity index (χ1v) is 4.93. The number of aromatic nitrogens is 2. The molecule has 0 spiro atoms. The fourth-order valence-electron chi connectivity index (χ4n) is 1.03. The zero-order valence-electron chi connectivity index (χ0n) is 9.95. The van der Waals surface area contributed by atoms with Crippen LogP contribution in [0.25, 0.3) is 6.08 Å². The van der Waals surface area contributed by atoms with Crippen molar-refractivity contribution in [2.75, 3.05) is 14.1 Å². The minimum atomic E-state index is -1.10. The zero-order chi connectivity index (χ0) is 12.8. The van der Waals surface area contributed by atoms with Crippen LogP contribution >= 0.6 is 0 Å². The molecule has 0 saturated heterocycles. The number of nitrogens with zero attached hydrogens (tertiary/aromatic N) is 4. The SMILES string of the molecule is Cc1cc(/C=C(\N=CN(C)C)C(=O)O)ncn1. The Labute approximate surface area is 99.3 Å². The minimum absolute atomic E-state index is 0.0724. The Hall–Kier alpha value is -2.24. The van der Waals surface area contributed by atoms with Gasteiger partial charge in [0.2, 0.25) is 0 Å². The molecular weight excluding hydrogens is 220 g/mol. The Morgan fingerprint density at radius 1 is 1.47 bits per heavy atom. The topological polar surface area (TPSA) is 78.7 Å². The van der Waals surface area contributed by atoms with Crippen LogP contribution in [-0.2, 0) is 4.79 Å². The standard InChI is InChI=1S/C11H14N4O2/c1-8-4-9(13-6-12-8)5-10(11(16)17)14-7-15(2)3/h4-7H,1-3H3,(H,16,17)/b10-5-,14-7?. The van der Waals surface area contributed by atoms with E-state index in [2.05, 4.69) is 15.0 Å². The highest BCUT2D eigenvalue weighted by Gasteiger charge is 2.05. The Morgan fingerprint density at radius 2 is 2.18 bits per heavy atom. The lowest BCUT2D eigenvalue weighted by atomic mass is 10.3. The molecule has 1 aromatic rings. The molecule has 1 N–H and O–H groups in total. The van der Waals surface area contributed by atoms with Gasteiger partial charge in [-0.2, -0.15) is 0 Å². The van der Waals surface area contributed by atoms with Gasteiger partial charge in [0.15, 0.2) is 5.70 Å². The summed E-state index contributed by atoms with van der Waals surface area (Å²) >= 11 is 0. The first-order valence-electron chi connectivity index (χ1n) is 4.93. The Bertz CT molecular complexity index is 466. The number of carboxylic acid groups (broad SMARTS) is 1. The summed E-state index contributed by atoms with van der Waals surface area (Å²) in [5.74, 6) is -1.10. The van der Waals surface area contributed by atoms with Gasteiger partial charge in [-0.15, -0.1) is 0 Å². The van der Waals surface area contributed by atoms with E-state index in [-0.39, 0.29) is 5.70 Å². The quantitative estimate of drug-likeness (QED) is 0.473. The van der Waals surface area contributed by atoms with Crippen LogP contribution in [0.1, 0.15) is 11.4 Å². The van der Waals surface area contributed by atoms with Crippen molar-refractivity contribution in [2.24, 2.45) is 4.99 Å². The molecular formula is C11H14N4O2. The maximum absolute atomic E-state index is 11.0. The summed E-state index contributed by atoms with van der Waals surface area (Å²) in [6.45, 7) is 1.81. The van der Waals surface area contributed by atoms with Gasteiger partial charge >= 0.3 is 5.97 Å². The van der Waals surface area contributed by atoms with Crippen LogP contribution in [0.5, 0.6) is 0 Å². The number of aliphatic carboxylic acids is 1. The Morgan fingerprint density at radius 3 is 2.71 bits per heavy atom. The monoisotopic (exact) mass is 234 g/mol. The smallest absolute Gasteiger partial charge is 0.354 e. The molecule has 0 atom stereocenters. The van der Waals surface area contributed by atoms with E-state index < -0.39 is 5.97 Å². The summed E-state index contributed by atoms with van der Waals surface area (Å²) in [4.78, 5) is 24.3. The van der Waals surface area contributed by atoms with Crippen molar-refractivity contribution in [3.05, 3.63) is 29.5 Å². The molecule has 0 bridgehead atoms. The molecule has 90 valence electrons. The fraction of sp³-hybridized carbons (Fsp3) is 0.273. The number of aliphatic imine (C=N–C) groups is 1. The van der Waals surface area contributed by atoms with Crippen LogP contribution in [0.2, 0.25) is 0 Å². The molecule has 0 unspecified atom stereocenters. The lowest BCUT2D eigenvalue weighted by Gasteiger charge is -2.02. The van der Waals surface area contributed by atoms with E-state index >= 15 is 0 Å². The average Bonchev–Trinajstić information content (AvgIpc) is 2.23. The minimum Gasteiger partial charge on any atom is -0.477 e. The molecule has 0 amide bonds. The van der Waals surface area contributed by atoms with Gasteiger partial charge < -0.3 is 10.0 Å². The second-order valence-electron chi connectivity index (χ2n) is 3.63. The van der Waals surface area contributed by atoms with Crippen molar-refractivity contribution in [1.82, 2.24) is 14.9 Å². The van der Waals surface area contributed by atoms with Gasteiger partial charge in [-0.1, -0.05) is 0 Å². The van der Waals surface area contributed by atoms with Gasteiger partial charge in [0.1, 0.15) is 6.33 Å². The van der Waals surface area contributed by atoms with Gasteiger partial charge in [-0.3, -0.25) is 0 Å². The van der Waals surface area contributed by atoms with Crippen LogP contribution in [-0.4, -0.2) is 46.4 Å². The maximum atomic E-state index is 11.0. The van der Waals surface area contributed by atoms with Crippen molar-refractivity contribution < 1.29 is 9.90 Å². The van der Waals surface area contributed by atoms with Gasteiger partial charge in [0.25, 0.3) is 0 Å². The third-order valence-corrected chi connectivity index (χ3v) is 1.76. The second kappa shape index (κ2) is 5.74. The Kier molecular flexibility index (Phi) is 4.33. The molecule has 1 heterocycles. The largest absolute Gasteiger partial charge is 0.477 e. The lowest BCUT2D eigenvalue weighted by Crippen LogP contribution is -2.09. The summed E-state index contributed by atoms with van der Waals surface area (Å²) in [5.41, 5.74) is 1.22. The van der Waals surface area contributed by atoms with E-state index in [4.69, 9.17) is 5.11 Å². The summed E-state index contributed by atoms with van der Waals surface area (Å²) in [6, 6.07) is 1.69. The zero-order valence-corrected chi connectivity index (χ0v) is 9.95. The molecule has 1 aromatic heterocycles. The summed E-state index contributed by atoms with van der Waals surface area (Å²) in [7, 11) is 3.52. The van der Waals surface area contributed by atoms with Gasteiger partial charge in [-0.05, 0) is 19.1 Å². The van der Waals surface area contributed by atoms with E-state index in [0.29, 0.717) is 5.69 Å². The highest BCUT2D eigenvalue weighted by atomic mass is 16.4. The van der Waals surface area contributed by atoms with Crippen LogP contribution in [0, 0.1) is 6.92 Å². The third kappa shape index (κ3) is 4.42. The van der Waals surface area contributed by atoms with Crippen LogP contribution in [0.3, 0.4) is 0 Å². The van der Waals surface area contributed by atoms with E-state index in [1.165, 1.54) is 18.7 Å². The van der Waals surface area contributed by atoms with Gasteiger partial charge in [-0.25, -0.2) is 19.8 Å². The predicted octanol–water partition coefficient (Wildman–Crippen LogP) is 0.800. The number of hydrogen-bond donors (Lipinski definition) is 1. The molecule has 0 aliphatic heterocycles. The van der Waals surface area contributed by atoms with Gasteiger partial charge in [0, 0.05) is 19.8 Å². The number of rotatable bonds is 4. The second-order valence-corrected chi connectivity index (χ2v) is 3.63. The highest BCUT2D eigenvalue weighted by molar-refractivity contribution is 5.92. The average molecular weight is 234 g/mol. The molecule has 0 saturated carbocycles. The molecule has 6 heteroatoms. The summed E-state index contributed by atoms with van der Waals surface area (Å²) < 4.78 is 0. The Balaban J connectivity index is 3.02. The van der Waals surface area contributed by atoms with Crippen molar-refractivity contribution in [1.29, 1.82) is 0 Å². The number of hydrogen-bond acceptors (Lipinski definition) is 4. The molecule has 17 heavy (non-hydrogen) atoms. The van der Waals surface area contributed by atoms with E-state index in [9.17, 15) is 4.79 Å². The highest BCUT2D eigenvalue weighted by Crippen LogP contribution is 2.06. The molecule has 1 rings (SSSR count). The maximum Gasteiger partial charge on any atom is 0.354 e. The number of carboxylic acids is 1. The fourth-order valence-corrected chi connectivity index (χ4v) is 1.03. The molecule has 0 aliphatic rings. The molecule has 6 nitrogen and oxygen atoms in total. The van der Waals surface area contributed by atoms with Crippen molar-refractivity contribution >= 4 is 18.4 Å². The van der Waals surface area contributed by atoms with Crippen LogP contribution in [0.4, 0.5) is 0 Å². The molecule has 0 aliphatic carbocycles. The van der Waals surface area contributed by atoms with Crippen molar-refractivity contribution in [3.63, 3.8) is 0 Å². The third-order valence-electron chi connectivity index (χ3n) is 1.76. The molecule has 0 fully saturated rings.